The molecule has 38 heavy (non-hydrogen) atoms. The normalized spacial score (nSPS) is 16.7. The summed E-state index contributed by atoms with van der Waals surface area (Å²) in [6.07, 6.45) is 4.58. The van der Waals surface area contributed by atoms with Gasteiger partial charge in [-0.15, -0.1) is 0 Å². The van der Waals surface area contributed by atoms with E-state index in [9.17, 15) is 14.4 Å². The van der Waals surface area contributed by atoms with Gasteiger partial charge in [-0.3, -0.25) is 19.3 Å². The molecule has 0 unspecified atom stereocenters. The molecule has 10 heteroatoms. The van der Waals surface area contributed by atoms with Crippen LogP contribution in [-0.4, -0.2) is 77.7 Å². The highest BCUT2D eigenvalue weighted by atomic mass is 16.5. The maximum absolute atomic E-state index is 12.4. The number of hydrogen-bond acceptors (Lipinski definition) is 7. The van der Waals surface area contributed by atoms with Crippen LogP contribution in [-0.2, 0) is 27.5 Å². The smallest absolute Gasteiger partial charge is 0.303 e. The fourth-order valence-electron chi connectivity index (χ4n) is 4.64. The molecule has 4 rings (SSSR count). The molecule has 2 N–H and O–H groups in total. The number of hydrogen-bond donors (Lipinski definition) is 2. The van der Waals surface area contributed by atoms with E-state index in [-0.39, 0.29) is 18.7 Å². The number of carbonyl (C=O) groups excluding carboxylic acids is 1. The molecule has 0 aliphatic carbocycles. The summed E-state index contributed by atoms with van der Waals surface area (Å²) in [6.45, 7) is 6.16. The van der Waals surface area contributed by atoms with Gasteiger partial charge in [-0.25, -0.2) is 0 Å². The quantitative estimate of drug-likeness (QED) is 0.499. The lowest BCUT2D eigenvalue weighted by molar-refractivity contribution is -0.143. The van der Waals surface area contributed by atoms with Crippen LogP contribution in [0.25, 0.3) is 0 Å². The number of methoxy groups -OCH3 is 1. The van der Waals surface area contributed by atoms with Crippen molar-refractivity contribution < 1.29 is 33.8 Å². The molecule has 0 bridgehead atoms. The van der Waals surface area contributed by atoms with Crippen molar-refractivity contribution >= 4 is 23.5 Å². The number of piperazine rings is 1. The predicted molar refractivity (Wildman–Crippen MR) is 142 cm³/mol. The third-order valence-electron chi connectivity index (χ3n) is 6.72. The average molecular weight is 530 g/mol. The van der Waals surface area contributed by atoms with Gasteiger partial charge in [0.05, 0.1) is 38.7 Å². The van der Waals surface area contributed by atoms with Crippen molar-refractivity contribution in [3.63, 3.8) is 0 Å². The predicted octanol–water partition coefficient (Wildman–Crippen LogP) is 3.84. The zero-order chi connectivity index (χ0) is 27.3. The molecule has 0 saturated carbocycles. The molecule has 1 aromatic carbocycles. The van der Waals surface area contributed by atoms with Crippen molar-refractivity contribution in [1.82, 2.24) is 9.80 Å². The number of likely N-dealkylation sites (tertiary alicyclic amines) is 1. The molecule has 10 nitrogen and oxygen atoms in total. The van der Waals surface area contributed by atoms with Crippen LogP contribution in [0.2, 0.25) is 0 Å². The Bertz CT molecular complexity index is 1030. The van der Waals surface area contributed by atoms with E-state index in [1.165, 1.54) is 12.8 Å². The number of carbonyl (C=O) groups is 3. The summed E-state index contributed by atoms with van der Waals surface area (Å²) < 4.78 is 11.6. The van der Waals surface area contributed by atoms with Gasteiger partial charge in [0.15, 0.2) is 0 Å². The molecule has 208 valence electrons. The highest BCUT2D eigenvalue weighted by Crippen LogP contribution is 2.28. The molecule has 0 atom stereocenters. The van der Waals surface area contributed by atoms with Crippen LogP contribution in [0, 0.1) is 0 Å². The van der Waals surface area contributed by atoms with Crippen LogP contribution in [0.5, 0.6) is 5.75 Å². The molecule has 2 aliphatic heterocycles. The molecule has 2 fully saturated rings. The Morgan fingerprint density at radius 2 is 1.47 bits per heavy atom. The molecule has 0 radical (unpaired) electrons. The highest BCUT2D eigenvalue weighted by Gasteiger charge is 2.21. The molecular weight excluding hydrogens is 490 g/mol. The molecule has 1 aromatic heterocycles. The Kier molecular flexibility index (Phi) is 11.5. The fraction of sp³-hybridized carbons (Fsp3) is 0.536. The van der Waals surface area contributed by atoms with E-state index in [0.29, 0.717) is 13.0 Å². The van der Waals surface area contributed by atoms with Gasteiger partial charge < -0.3 is 29.2 Å². The summed E-state index contributed by atoms with van der Waals surface area (Å²) in [5.41, 5.74) is 1.16. The van der Waals surface area contributed by atoms with Gasteiger partial charge in [0, 0.05) is 39.1 Å². The number of anilines is 1. The third-order valence-corrected chi connectivity index (χ3v) is 6.72. The number of aliphatic carboxylic acids is 2. The first kappa shape index (κ1) is 29.0. The summed E-state index contributed by atoms with van der Waals surface area (Å²) in [5, 5.41) is 15.8. The maximum Gasteiger partial charge on any atom is 0.303 e. The van der Waals surface area contributed by atoms with Gasteiger partial charge in [-0.1, -0.05) is 25.0 Å². The summed E-state index contributed by atoms with van der Waals surface area (Å²) in [7, 11) is 1.73. The second-order valence-corrected chi connectivity index (χ2v) is 9.57. The van der Waals surface area contributed by atoms with Crippen molar-refractivity contribution in [2.45, 2.75) is 58.0 Å². The van der Waals surface area contributed by atoms with Crippen molar-refractivity contribution in [3.8, 4) is 5.75 Å². The van der Waals surface area contributed by atoms with E-state index >= 15 is 0 Å². The van der Waals surface area contributed by atoms with Crippen molar-refractivity contribution in [2.24, 2.45) is 0 Å². The van der Waals surface area contributed by atoms with Crippen LogP contribution in [0.1, 0.15) is 56.5 Å². The number of furan rings is 1. The first-order valence-electron chi connectivity index (χ1n) is 13.2. The van der Waals surface area contributed by atoms with Crippen LogP contribution in [0.4, 0.5) is 5.69 Å². The maximum atomic E-state index is 12.4. The van der Waals surface area contributed by atoms with Crippen molar-refractivity contribution in [3.05, 3.63) is 47.9 Å². The second-order valence-electron chi connectivity index (χ2n) is 9.57. The summed E-state index contributed by atoms with van der Waals surface area (Å²) in [6, 6.07) is 12.3. The summed E-state index contributed by atoms with van der Waals surface area (Å²) in [5.74, 6) is 0.919. The van der Waals surface area contributed by atoms with Crippen LogP contribution < -0.4 is 9.64 Å². The first-order valence-corrected chi connectivity index (χ1v) is 13.2. The van der Waals surface area contributed by atoms with Crippen molar-refractivity contribution in [1.29, 1.82) is 0 Å². The minimum atomic E-state index is -1.08. The molecule has 2 aromatic rings. The van der Waals surface area contributed by atoms with E-state index in [2.05, 4.69) is 28.0 Å². The Morgan fingerprint density at radius 1 is 0.842 bits per heavy atom. The number of amides is 1. The second kappa shape index (κ2) is 15.0. The molecule has 3 heterocycles. The third kappa shape index (κ3) is 9.41. The Labute approximate surface area is 223 Å². The van der Waals surface area contributed by atoms with Gasteiger partial charge in [0.2, 0.25) is 5.91 Å². The van der Waals surface area contributed by atoms with Gasteiger partial charge >= 0.3 is 11.9 Å². The number of ether oxygens (including phenoxy) is 1. The Hall–Kier alpha value is -3.53. The minimum absolute atomic E-state index is 0.264. The van der Waals surface area contributed by atoms with Crippen molar-refractivity contribution in [2.75, 3.05) is 44.7 Å². The number of carboxylic acids is 2. The van der Waals surface area contributed by atoms with E-state index in [4.69, 9.17) is 19.4 Å². The summed E-state index contributed by atoms with van der Waals surface area (Å²) in [4.78, 5) is 38.4. The standard InChI is InChI=1S/C24H33N3O3.C4H6O4/c1-29-23-9-6-5-8-22(23)26-16-14-25(15-17-26)18-20-11-12-21(30-20)19-27-13-7-3-2-4-10-24(27)28;5-3(6)1-2-4(7)8/h5-6,8-9,11-12H,2-4,7,10,13-19H2,1H3;1-2H2,(H,5,6)(H,7,8). The lowest BCUT2D eigenvalue weighted by Crippen LogP contribution is -2.46. The van der Waals surface area contributed by atoms with Gasteiger partial charge in [0.1, 0.15) is 17.3 Å². The van der Waals surface area contributed by atoms with Gasteiger partial charge in [-0.2, -0.15) is 0 Å². The number of rotatable bonds is 9. The van der Waals surface area contributed by atoms with E-state index in [1.54, 1.807) is 7.11 Å². The van der Waals surface area contributed by atoms with E-state index in [1.807, 2.05) is 23.1 Å². The largest absolute Gasteiger partial charge is 0.495 e. The lowest BCUT2D eigenvalue weighted by atomic mass is 10.1. The Morgan fingerprint density at radius 3 is 2.13 bits per heavy atom. The SMILES string of the molecule is COc1ccccc1N1CCN(Cc2ccc(CN3CCCCCCC3=O)o2)CC1.O=C(O)CCC(=O)O. The number of nitrogens with zero attached hydrogens (tertiary/aromatic N) is 3. The number of benzene rings is 1. The van der Waals surface area contributed by atoms with Gasteiger partial charge in [0.25, 0.3) is 0 Å². The molecule has 2 aliphatic rings. The molecule has 1 amide bonds. The molecular formula is C28H39N3O7. The van der Waals surface area contributed by atoms with Crippen LogP contribution >= 0.6 is 0 Å². The zero-order valence-electron chi connectivity index (χ0n) is 22.1. The molecule has 0 spiro atoms. The van der Waals surface area contributed by atoms with Crippen LogP contribution in [0.15, 0.2) is 40.8 Å². The van der Waals surface area contributed by atoms with Gasteiger partial charge in [-0.05, 0) is 37.1 Å². The monoisotopic (exact) mass is 529 g/mol. The number of carboxylic acid groups (broad SMARTS) is 2. The number of para-hydroxylation sites is 2. The highest BCUT2D eigenvalue weighted by molar-refractivity contribution is 5.76. The average Bonchev–Trinajstić information content (AvgIpc) is 3.35. The topological polar surface area (TPSA) is 124 Å². The first-order chi connectivity index (χ1) is 18.4. The van der Waals surface area contributed by atoms with Crippen LogP contribution in [0.3, 0.4) is 0 Å². The fourth-order valence-corrected chi connectivity index (χ4v) is 4.64. The van der Waals surface area contributed by atoms with E-state index < -0.39 is 11.9 Å². The Balaban J connectivity index is 0.000000436. The van der Waals surface area contributed by atoms with E-state index in [0.717, 1.165) is 75.1 Å². The molecule has 2 saturated heterocycles. The minimum Gasteiger partial charge on any atom is -0.495 e. The summed E-state index contributed by atoms with van der Waals surface area (Å²) >= 11 is 0. The lowest BCUT2D eigenvalue weighted by Gasteiger charge is -2.36. The zero-order valence-corrected chi connectivity index (χ0v) is 22.1.